The summed E-state index contributed by atoms with van der Waals surface area (Å²) < 4.78 is 0. The molecule has 2 aliphatic heterocycles. The van der Waals surface area contributed by atoms with Crippen LogP contribution in [0.15, 0.2) is 91.6 Å². The van der Waals surface area contributed by atoms with E-state index in [2.05, 4.69) is 97.2 Å². The highest BCUT2D eigenvalue weighted by atomic mass is 35.5. The van der Waals surface area contributed by atoms with Crippen molar-refractivity contribution in [1.82, 2.24) is 30.2 Å². The molecule has 2 saturated heterocycles. The van der Waals surface area contributed by atoms with Gasteiger partial charge in [-0.25, -0.2) is 15.0 Å². The number of nitrogens with zero attached hydrogens (tertiary/aromatic N) is 5. The average Bonchev–Trinajstić information content (AvgIpc) is 3.86. The van der Waals surface area contributed by atoms with E-state index in [1.165, 1.54) is 22.2 Å². The number of pyridine rings is 1. The van der Waals surface area contributed by atoms with Gasteiger partial charge in [0.15, 0.2) is 0 Å². The number of halogens is 1. The third-order valence-electron chi connectivity index (χ3n) is 11.0. The molecule has 0 unspecified atom stereocenters. The second-order valence-corrected chi connectivity index (χ2v) is 16.5. The maximum atomic E-state index is 12.3. The summed E-state index contributed by atoms with van der Waals surface area (Å²) in [6, 6.07) is 22.1. The molecule has 282 valence electrons. The molecule has 0 aliphatic carbocycles. The number of nitrogens with one attached hydrogen (secondary N) is 3. The summed E-state index contributed by atoms with van der Waals surface area (Å²) in [4.78, 5) is 36.4. The van der Waals surface area contributed by atoms with Crippen molar-refractivity contribution < 1.29 is 4.79 Å². The summed E-state index contributed by atoms with van der Waals surface area (Å²) in [7, 11) is 0. The fraction of sp³-hybridized carbons (Fsp3) is 0.381. The zero-order valence-electron chi connectivity index (χ0n) is 31.4. The molecule has 0 spiro atoms. The van der Waals surface area contributed by atoms with Crippen molar-refractivity contribution in [2.75, 3.05) is 42.5 Å². The number of carbonyl (C=O) groups is 1. The van der Waals surface area contributed by atoms with Crippen LogP contribution in [-0.2, 0) is 11.8 Å². The molecule has 0 saturated carbocycles. The van der Waals surface area contributed by atoms with Crippen LogP contribution in [0, 0.1) is 0 Å². The van der Waals surface area contributed by atoms with Gasteiger partial charge in [0, 0.05) is 84.1 Å². The Hall–Kier alpha value is -4.97. The normalized spacial score (nSPS) is 16.9. The predicted molar refractivity (Wildman–Crippen MR) is 219 cm³/mol. The molecule has 8 rings (SSSR count). The first-order valence-electron chi connectivity index (χ1n) is 18.8. The summed E-state index contributed by atoms with van der Waals surface area (Å²) in [6.45, 7) is 10.7. The largest absolute Gasteiger partial charge is 0.371 e. The number of H-pyrrole nitrogens is 2. The average molecular weight is 747 g/mol. The van der Waals surface area contributed by atoms with Crippen LogP contribution in [0.1, 0.15) is 67.9 Å². The summed E-state index contributed by atoms with van der Waals surface area (Å²) in [5.41, 5.74) is 19.3. The first-order chi connectivity index (χ1) is 25.9. The molecule has 0 radical (unpaired) electrons. The Morgan fingerprint density at radius 2 is 1.39 bits per heavy atom. The van der Waals surface area contributed by atoms with Crippen molar-refractivity contribution in [3.63, 3.8) is 0 Å². The van der Waals surface area contributed by atoms with Gasteiger partial charge < -0.3 is 36.6 Å². The molecule has 54 heavy (non-hydrogen) atoms. The number of rotatable bonds is 7. The van der Waals surface area contributed by atoms with Crippen molar-refractivity contribution in [1.29, 1.82) is 0 Å². The highest BCUT2D eigenvalue weighted by Crippen LogP contribution is 2.32. The predicted octanol–water partition coefficient (Wildman–Crippen LogP) is 6.74. The Labute approximate surface area is 321 Å². The molecule has 12 heteroatoms. The molecule has 0 bridgehead atoms. The number of nitrogens with two attached hydrogens (primary N) is 2. The van der Waals surface area contributed by atoms with Gasteiger partial charge in [-0.3, -0.25) is 4.79 Å². The van der Waals surface area contributed by atoms with Crippen molar-refractivity contribution in [3.05, 3.63) is 113 Å². The second kappa shape index (κ2) is 15.4. The summed E-state index contributed by atoms with van der Waals surface area (Å²) in [5, 5.41) is 5.77. The molecular formula is C42H51ClN10O. The van der Waals surface area contributed by atoms with Gasteiger partial charge in [-0.05, 0) is 91.1 Å². The van der Waals surface area contributed by atoms with Gasteiger partial charge in [0.1, 0.15) is 23.4 Å². The molecule has 7 N–H and O–H groups in total. The van der Waals surface area contributed by atoms with Crippen LogP contribution in [0.25, 0.3) is 22.1 Å². The van der Waals surface area contributed by atoms with E-state index in [4.69, 9.17) is 23.1 Å². The number of benzene rings is 2. The zero-order chi connectivity index (χ0) is 37.9. The van der Waals surface area contributed by atoms with Gasteiger partial charge in [-0.15, -0.1) is 0 Å². The van der Waals surface area contributed by atoms with E-state index in [0.29, 0.717) is 17.1 Å². The lowest BCUT2D eigenvalue weighted by Crippen LogP contribution is -2.56. The number of hydrogen-bond acceptors (Lipinski definition) is 8. The fourth-order valence-electron chi connectivity index (χ4n) is 7.53. The van der Waals surface area contributed by atoms with Crippen molar-refractivity contribution in [2.24, 2.45) is 11.5 Å². The highest BCUT2D eigenvalue weighted by molar-refractivity contribution is 6.30. The Bertz CT molecular complexity index is 2170. The molecule has 6 aromatic rings. The van der Waals surface area contributed by atoms with Crippen LogP contribution in [0.5, 0.6) is 0 Å². The number of fused-ring (bicyclic) bond motifs is 2. The van der Waals surface area contributed by atoms with Crippen LogP contribution < -0.4 is 26.6 Å². The lowest BCUT2D eigenvalue weighted by Gasteiger charge is -2.40. The molecule has 4 aromatic heterocycles. The van der Waals surface area contributed by atoms with E-state index in [9.17, 15) is 4.79 Å². The maximum absolute atomic E-state index is 12.3. The monoisotopic (exact) mass is 746 g/mol. The Morgan fingerprint density at radius 3 is 2.06 bits per heavy atom. The van der Waals surface area contributed by atoms with E-state index in [0.717, 1.165) is 80.8 Å². The zero-order valence-corrected chi connectivity index (χ0v) is 32.2. The minimum atomic E-state index is -0.428. The molecule has 0 atom stereocenters. The lowest BCUT2D eigenvalue weighted by atomic mass is 9.81. The Balaban J connectivity index is 0.000000167. The van der Waals surface area contributed by atoms with Gasteiger partial charge >= 0.3 is 0 Å². The molecule has 11 nitrogen and oxygen atoms in total. The minimum absolute atomic E-state index is 0.121. The van der Waals surface area contributed by atoms with Gasteiger partial charge in [0.05, 0.1) is 5.39 Å². The number of anilines is 2. The quantitative estimate of drug-likeness (QED) is 0.120. The first kappa shape index (κ1) is 37.3. The van der Waals surface area contributed by atoms with Gasteiger partial charge in [-0.2, -0.15) is 0 Å². The number of amides is 1. The Kier molecular flexibility index (Phi) is 10.7. The Morgan fingerprint density at radius 1 is 0.778 bits per heavy atom. The number of hydrogen-bond donors (Lipinski definition) is 5. The number of carbonyl (C=O) groups excluding carboxylic acids is 1. The van der Waals surface area contributed by atoms with Crippen LogP contribution in [0.4, 0.5) is 11.5 Å². The van der Waals surface area contributed by atoms with E-state index in [1.807, 2.05) is 24.7 Å². The molecule has 1 amide bonds. The summed E-state index contributed by atoms with van der Waals surface area (Å²) in [6.07, 6.45) is 11.8. The number of aromatic amines is 2. The molecule has 6 heterocycles. The second-order valence-electron chi connectivity index (χ2n) is 16.0. The number of piperidine rings is 2. The highest BCUT2D eigenvalue weighted by Gasteiger charge is 2.33. The molecule has 2 aromatic carbocycles. The minimum Gasteiger partial charge on any atom is -0.371 e. The van der Waals surface area contributed by atoms with E-state index in [1.54, 1.807) is 30.6 Å². The standard InChI is InChI=1S/C23H30N4.C19H21ClN6O/c1-22(2,3)18-6-4-17(5-7-18)16-23(24)10-14-27(15-11-23)20-9-13-26-21-19(20)8-12-25-21;20-14-3-1-13(2-4-14)18(27)23-11-19(21)6-9-26(10-7-19)17-15-5-8-22-16(15)24-12-25-17/h4-9,12-13H,10-11,14-16,24H2,1-3H3,(H,25,26);1-5,8,12H,6-7,9-11,21H2,(H,23,27)(H,22,24,25). The lowest BCUT2D eigenvalue weighted by molar-refractivity contribution is 0.0940. The SMILES string of the molecule is CC(C)(C)c1ccc(CC2(N)CCN(c3ccnc4[nH]ccc34)CC2)cc1.NC1(CNC(=O)c2ccc(Cl)cc2)CCN(c2ncnc3[nH]ccc23)CC1. The third-order valence-corrected chi connectivity index (χ3v) is 11.3. The van der Waals surface area contributed by atoms with E-state index in [-0.39, 0.29) is 16.9 Å². The topological polar surface area (TPSA) is 158 Å². The summed E-state index contributed by atoms with van der Waals surface area (Å²) >= 11 is 5.86. The first-order valence-corrected chi connectivity index (χ1v) is 19.2. The van der Waals surface area contributed by atoms with Gasteiger partial charge in [0.2, 0.25) is 0 Å². The van der Waals surface area contributed by atoms with Gasteiger partial charge in [-0.1, -0.05) is 56.6 Å². The molecule has 2 aliphatic rings. The van der Waals surface area contributed by atoms with E-state index < -0.39 is 5.54 Å². The van der Waals surface area contributed by atoms with Crippen LogP contribution in [-0.4, -0.2) is 74.6 Å². The maximum Gasteiger partial charge on any atom is 0.251 e. The van der Waals surface area contributed by atoms with E-state index >= 15 is 0 Å². The van der Waals surface area contributed by atoms with Gasteiger partial charge in [0.25, 0.3) is 5.91 Å². The van der Waals surface area contributed by atoms with Crippen molar-refractivity contribution in [3.8, 4) is 0 Å². The van der Waals surface area contributed by atoms with Crippen molar-refractivity contribution in [2.45, 2.75) is 69.4 Å². The van der Waals surface area contributed by atoms with Crippen LogP contribution >= 0.6 is 11.6 Å². The number of aromatic nitrogens is 5. The summed E-state index contributed by atoms with van der Waals surface area (Å²) in [5.74, 6) is 0.789. The van der Waals surface area contributed by atoms with Crippen LogP contribution in [0.3, 0.4) is 0 Å². The smallest absolute Gasteiger partial charge is 0.251 e. The molecular weight excluding hydrogens is 696 g/mol. The van der Waals surface area contributed by atoms with Crippen molar-refractivity contribution >= 4 is 51.1 Å². The molecule has 2 fully saturated rings. The third kappa shape index (κ3) is 8.54. The van der Waals surface area contributed by atoms with Crippen LogP contribution in [0.2, 0.25) is 5.02 Å². The fourth-order valence-corrected chi connectivity index (χ4v) is 7.66.